The van der Waals surface area contributed by atoms with E-state index in [1.54, 1.807) is 4.90 Å². The molecule has 0 aliphatic carbocycles. The van der Waals surface area contributed by atoms with E-state index in [9.17, 15) is 9.59 Å². The van der Waals surface area contributed by atoms with Crippen LogP contribution in [0, 0.1) is 6.92 Å². The van der Waals surface area contributed by atoms with Gasteiger partial charge >= 0.3 is 0 Å². The van der Waals surface area contributed by atoms with E-state index in [0.717, 1.165) is 40.6 Å². The Bertz CT molecular complexity index is 1070. The van der Waals surface area contributed by atoms with Gasteiger partial charge in [-0.25, -0.2) is 0 Å². The molecule has 0 saturated carbocycles. The number of piperazine rings is 1. The zero-order chi connectivity index (χ0) is 19.3. The van der Waals surface area contributed by atoms with Gasteiger partial charge in [-0.05, 0) is 37.0 Å². The van der Waals surface area contributed by atoms with Crippen LogP contribution in [0.5, 0.6) is 0 Å². The average Bonchev–Trinajstić information content (AvgIpc) is 3.33. The molecule has 5 nitrogen and oxygen atoms in total. The Morgan fingerprint density at radius 2 is 1.86 bits per heavy atom. The van der Waals surface area contributed by atoms with Crippen LogP contribution in [0.3, 0.4) is 0 Å². The van der Waals surface area contributed by atoms with E-state index in [1.807, 2.05) is 18.2 Å². The van der Waals surface area contributed by atoms with Crippen molar-refractivity contribution in [2.75, 3.05) is 6.54 Å². The summed E-state index contributed by atoms with van der Waals surface area (Å²) in [4.78, 5) is 30.8. The first-order chi connectivity index (χ1) is 13.6. The zero-order valence-electron chi connectivity index (χ0n) is 15.9. The molecule has 5 rings (SSSR count). The van der Waals surface area contributed by atoms with E-state index in [1.165, 1.54) is 5.56 Å². The molecule has 2 saturated heterocycles. The number of nitrogens with zero attached hydrogens (tertiary/aromatic N) is 1. The molecule has 3 aromatic rings. The minimum Gasteiger partial charge on any atom is -0.354 e. The van der Waals surface area contributed by atoms with E-state index in [-0.39, 0.29) is 17.9 Å². The first-order valence-electron chi connectivity index (χ1n) is 9.89. The number of H-pyrrole nitrogens is 1. The molecule has 0 radical (unpaired) electrons. The van der Waals surface area contributed by atoms with Crippen LogP contribution in [0.4, 0.5) is 0 Å². The summed E-state index contributed by atoms with van der Waals surface area (Å²) in [5, 5.41) is 4.08. The number of para-hydroxylation sites is 1. The molecule has 0 unspecified atom stereocenters. The second-order valence-corrected chi connectivity index (χ2v) is 7.85. The van der Waals surface area contributed by atoms with Crippen LogP contribution in [-0.2, 0) is 16.0 Å². The smallest absolute Gasteiger partial charge is 0.246 e. The monoisotopic (exact) mass is 373 g/mol. The van der Waals surface area contributed by atoms with Gasteiger partial charge in [0.25, 0.3) is 0 Å². The molecule has 2 N–H and O–H groups in total. The van der Waals surface area contributed by atoms with Crippen molar-refractivity contribution in [3.63, 3.8) is 0 Å². The van der Waals surface area contributed by atoms with Gasteiger partial charge in [0.2, 0.25) is 11.8 Å². The lowest BCUT2D eigenvalue weighted by Gasteiger charge is -2.34. The summed E-state index contributed by atoms with van der Waals surface area (Å²) < 4.78 is 0. The highest BCUT2D eigenvalue weighted by atomic mass is 16.2. The second-order valence-electron chi connectivity index (χ2n) is 7.85. The van der Waals surface area contributed by atoms with Crippen LogP contribution >= 0.6 is 0 Å². The molecule has 2 aliphatic rings. The minimum atomic E-state index is -0.509. The predicted molar refractivity (Wildman–Crippen MR) is 109 cm³/mol. The number of aryl methyl sites for hydroxylation is 1. The van der Waals surface area contributed by atoms with Crippen LogP contribution in [0.1, 0.15) is 24.0 Å². The van der Waals surface area contributed by atoms with E-state index in [4.69, 9.17) is 0 Å². The predicted octanol–water partition coefficient (Wildman–Crippen LogP) is 3.18. The first-order valence-corrected chi connectivity index (χ1v) is 9.89. The molecule has 142 valence electrons. The molecular formula is C23H23N3O2. The number of fused-ring (bicyclic) bond motifs is 2. The van der Waals surface area contributed by atoms with Gasteiger partial charge in [0.05, 0.1) is 0 Å². The molecule has 2 aromatic carbocycles. The van der Waals surface area contributed by atoms with Gasteiger partial charge in [0.15, 0.2) is 0 Å². The maximum Gasteiger partial charge on any atom is 0.246 e. The van der Waals surface area contributed by atoms with Gasteiger partial charge in [-0.2, -0.15) is 0 Å². The molecule has 28 heavy (non-hydrogen) atoms. The van der Waals surface area contributed by atoms with Crippen molar-refractivity contribution in [3.05, 3.63) is 59.7 Å². The lowest BCUT2D eigenvalue weighted by molar-refractivity contribution is -0.146. The van der Waals surface area contributed by atoms with Crippen LogP contribution in [0.15, 0.2) is 48.5 Å². The molecule has 3 heterocycles. The highest BCUT2D eigenvalue weighted by molar-refractivity contribution is 5.98. The Morgan fingerprint density at radius 3 is 2.68 bits per heavy atom. The van der Waals surface area contributed by atoms with Gasteiger partial charge < -0.3 is 15.2 Å². The molecular weight excluding hydrogens is 350 g/mol. The quantitative estimate of drug-likeness (QED) is 0.741. The summed E-state index contributed by atoms with van der Waals surface area (Å²) in [6.07, 6.45) is 2.16. The first kappa shape index (κ1) is 17.0. The van der Waals surface area contributed by atoms with Crippen LogP contribution in [-0.4, -0.2) is 40.3 Å². The maximum atomic E-state index is 13.0. The average molecular weight is 373 g/mol. The molecule has 2 aliphatic heterocycles. The normalized spacial score (nSPS) is 21.8. The second kappa shape index (κ2) is 6.51. The van der Waals surface area contributed by atoms with Crippen molar-refractivity contribution in [3.8, 4) is 11.3 Å². The van der Waals surface area contributed by atoms with Crippen molar-refractivity contribution < 1.29 is 9.59 Å². The minimum absolute atomic E-state index is 0.0150. The fourth-order valence-electron chi connectivity index (χ4n) is 4.55. The third kappa shape index (κ3) is 2.70. The van der Waals surface area contributed by atoms with Gasteiger partial charge in [-0.1, -0.05) is 48.0 Å². The van der Waals surface area contributed by atoms with E-state index >= 15 is 0 Å². The van der Waals surface area contributed by atoms with Crippen LogP contribution in [0.2, 0.25) is 0 Å². The summed E-state index contributed by atoms with van der Waals surface area (Å²) in [6, 6.07) is 15.7. The zero-order valence-corrected chi connectivity index (χ0v) is 15.9. The maximum absolute atomic E-state index is 13.0. The topological polar surface area (TPSA) is 65.2 Å². The largest absolute Gasteiger partial charge is 0.354 e. The standard InChI is InChI=1S/C23H23N3O2/c1-14-8-10-15(11-9-14)21-17(16-5-2-3-6-18(16)24-21)13-19-23(28)26-12-4-7-20(26)22(27)25-19/h2-3,5-6,8-11,19-20,24H,4,7,12-13H2,1H3,(H,25,27)/t19-,20-/m0/s1. The van der Waals surface area contributed by atoms with Crippen molar-refractivity contribution >= 4 is 22.7 Å². The number of hydrogen-bond donors (Lipinski definition) is 2. The third-order valence-corrected chi connectivity index (χ3v) is 6.02. The van der Waals surface area contributed by atoms with Gasteiger partial charge in [-0.3, -0.25) is 9.59 Å². The van der Waals surface area contributed by atoms with Gasteiger partial charge in [0, 0.05) is 29.6 Å². The Balaban J connectivity index is 1.56. The van der Waals surface area contributed by atoms with E-state index in [2.05, 4.69) is 47.6 Å². The van der Waals surface area contributed by atoms with E-state index in [0.29, 0.717) is 13.0 Å². The lowest BCUT2D eigenvalue weighted by atomic mass is 9.96. The SMILES string of the molecule is Cc1ccc(-c2[nH]c3ccccc3c2C[C@@H]2NC(=O)[C@@H]3CCCN3C2=O)cc1. The summed E-state index contributed by atoms with van der Waals surface area (Å²) in [6.45, 7) is 2.75. The number of nitrogens with one attached hydrogen (secondary N) is 2. The highest BCUT2D eigenvalue weighted by Gasteiger charge is 2.43. The number of carbonyl (C=O) groups is 2. The van der Waals surface area contributed by atoms with Crippen molar-refractivity contribution in [2.45, 2.75) is 38.3 Å². The molecule has 2 atom stereocenters. The number of hydrogen-bond acceptors (Lipinski definition) is 2. The Morgan fingerprint density at radius 1 is 1.07 bits per heavy atom. The molecule has 2 fully saturated rings. The molecule has 0 bridgehead atoms. The molecule has 0 spiro atoms. The number of rotatable bonds is 3. The third-order valence-electron chi connectivity index (χ3n) is 6.02. The lowest BCUT2D eigenvalue weighted by Crippen LogP contribution is -2.61. The van der Waals surface area contributed by atoms with Crippen LogP contribution in [0.25, 0.3) is 22.2 Å². The Hall–Kier alpha value is -3.08. The number of benzene rings is 2. The fraction of sp³-hybridized carbons (Fsp3) is 0.304. The molecule has 2 amide bonds. The Kier molecular flexibility index (Phi) is 3.97. The molecule has 5 heteroatoms. The van der Waals surface area contributed by atoms with Crippen molar-refractivity contribution in [1.82, 2.24) is 15.2 Å². The van der Waals surface area contributed by atoms with E-state index < -0.39 is 6.04 Å². The molecule has 1 aromatic heterocycles. The van der Waals surface area contributed by atoms with Crippen molar-refractivity contribution in [2.24, 2.45) is 0 Å². The summed E-state index contributed by atoms with van der Waals surface area (Å²) in [5.41, 5.74) is 5.44. The fourth-order valence-corrected chi connectivity index (χ4v) is 4.55. The summed E-state index contributed by atoms with van der Waals surface area (Å²) >= 11 is 0. The number of aromatic amines is 1. The van der Waals surface area contributed by atoms with Gasteiger partial charge in [-0.15, -0.1) is 0 Å². The number of aromatic nitrogens is 1. The highest BCUT2D eigenvalue weighted by Crippen LogP contribution is 2.33. The Labute approximate surface area is 163 Å². The number of amides is 2. The summed E-state index contributed by atoms with van der Waals surface area (Å²) in [7, 11) is 0. The van der Waals surface area contributed by atoms with Crippen LogP contribution < -0.4 is 5.32 Å². The summed E-state index contributed by atoms with van der Waals surface area (Å²) in [5.74, 6) is 0.0288. The van der Waals surface area contributed by atoms with Crippen molar-refractivity contribution in [1.29, 1.82) is 0 Å². The van der Waals surface area contributed by atoms with Gasteiger partial charge in [0.1, 0.15) is 12.1 Å². The number of carbonyl (C=O) groups excluding carboxylic acids is 2.